The minimum absolute atomic E-state index is 0.115. The molecule has 1 unspecified atom stereocenters. The Morgan fingerprint density at radius 3 is 2.54 bits per heavy atom. The van der Waals surface area contributed by atoms with E-state index >= 15 is 0 Å². The molecule has 2 fully saturated rings. The summed E-state index contributed by atoms with van der Waals surface area (Å²) < 4.78 is 0. The number of piperidine rings is 1. The van der Waals surface area contributed by atoms with Crippen molar-refractivity contribution in [3.8, 4) is 0 Å². The van der Waals surface area contributed by atoms with Gasteiger partial charge in [-0.05, 0) is 26.2 Å². The first kappa shape index (κ1) is 18.2. The molecule has 8 heteroatoms. The lowest BCUT2D eigenvalue weighted by Gasteiger charge is -2.38. The van der Waals surface area contributed by atoms with E-state index in [2.05, 4.69) is 0 Å². The van der Waals surface area contributed by atoms with Crippen LogP contribution in [0.1, 0.15) is 39.0 Å². The standard InChI is InChI=1S/C16H25N3O5/c1-12-16(24)18(11-15(22)23)9-10-19(12)14(21)6-4-8-17-7-3-2-5-13(17)20/h12H,2-11H2,1H3,(H,22,23). The number of hydrogen-bond acceptors (Lipinski definition) is 4. The smallest absolute Gasteiger partial charge is 0.323 e. The van der Waals surface area contributed by atoms with Crippen molar-refractivity contribution in [2.24, 2.45) is 0 Å². The number of carbonyl (C=O) groups is 4. The minimum Gasteiger partial charge on any atom is -0.480 e. The summed E-state index contributed by atoms with van der Waals surface area (Å²) in [6.07, 6.45) is 3.41. The number of hydrogen-bond donors (Lipinski definition) is 1. The quantitative estimate of drug-likeness (QED) is 0.730. The van der Waals surface area contributed by atoms with Gasteiger partial charge < -0.3 is 19.8 Å². The molecule has 1 atom stereocenters. The van der Waals surface area contributed by atoms with Crippen molar-refractivity contribution in [2.45, 2.75) is 45.1 Å². The molecule has 2 aliphatic heterocycles. The van der Waals surface area contributed by atoms with Crippen molar-refractivity contribution < 1.29 is 24.3 Å². The van der Waals surface area contributed by atoms with E-state index in [9.17, 15) is 19.2 Å². The van der Waals surface area contributed by atoms with Crippen LogP contribution in [0.2, 0.25) is 0 Å². The van der Waals surface area contributed by atoms with Gasteiger partial charge in [-0.3, -0.25) is 19.2 Å². The maximum atomic E-state index is 12.3. The molecule has 2 saturated heterocycles. The summed E-state index contributed by atoms with van der Waals surface area (Å²) in [7, 11) is 0. The third kappa shape index (κ3) is 4.46. The molecule has 3 amide bonds. The van der Waals surface area contributed by atoms with Crippen molar-refractivity contribution >= 4 is 23.7 Å². The van der Waals surface area contributed by atoms with E-state index in [1.54, 1.807) is 11.8 Å². The average molecular weight is 339 g/mol. The second-order valence-electron chi connectivity index (χ2n) is 6.36. The van der Waals surface area contributed by atoms with Crippen LogP contribution in [0.4, 0.5) is 0 Å². The Balaban J connectivity index is 1.79. The fraction of sp³-hybridized carbons (Fsp3) is 0.750. The third-order valence-electron chi connectivity index (χ3n) is 4.63. The largest absolute Gasteiger partial charge is 0.480 e. The monoisotopic (exact) mass is 339 g/mol. The summed E-state index contributed by atoms with van der Waals surface area (Å²) >= 11 is 0. The summed E-state index contributed by atoms with van der Waals surface area (Å²) in [5, 5.41) is 8.80. The number of likely N-dealkylation sites (tertiary alicyclic amines) is 1. The zero-order valence-electron chi connectivity index (χ0n) is 14.1. The molecule has 8 nitrogen and oxygen atoms in total. The van der Waals surface area contributed by atoms with Gasteiger partial charge in [-0.1, -0.05) is 0 Å². The molecule has 1 N–H and O–H groups in total. The van der Waals surface area contributed by atoms with Gasteiger partial charge >= 0.3 is 5.97 Å². The Labute approximate surface area is 141 Å². The summed E-state index contributed by atoms with van der Waals surface area (Å²) in [5.41, 5.74) is 0. The lowest BCUT2D eigenvalue weighted by molar-refractivity contribution is -0.154. The zero-order chi connectivity index (χ0) is 17.7. The first-order valence-corrected chi connectivity index (χ1v) is 8.48. The summed E-state index contributed by atoms with van der Waals surface area (Å²) in [4.78, 5) is 51.5. The Morgan fingerprint density at radius 2 is 1.88 bits per heavy atom. The van der Waals surface area contributed by atoms with Gasteiger partial charge in [-0.2, -0.15) is 0 Å². The average Bonchev–Trinajstić information content (AvgIpc) is 2.53. The van der Waals surface area contributed by atoms with Crippen LogP contribution in [-0.2, 0) is 19.2 Å². The van der Waals surface area contributed by atoms with Gasteiger partial charge in [0, 0.05) is 39.0 Å². The number of piperazine rings is 1. The van der Waals surface area contributed by atoms with Gasteiger partial charge in [0.05, 0.1) is 0 Å². The van der Waals surface area contributed by atoms with Crippen LogP contribution in [0.15, 0.2) is 0 Å². The lowest BCUT2D eigenvalue weighted by atomic mass is 10.1. The number of carboxylic acids is 1. The topological polar surface area (TPSA) is 98.2 Å². The highest BCUT2D eigenvalue weighted by Crippen LogP contribution is 2.15. The molecule has 0 spiro atoms. The number of rotatable bonds is 6. The Morgan fingerprint density at radius 1 is 1.12 bits per heavy atom. The highest BCUT2D eigenvalue weighted by Gasteiger charge is 2.34. The molecule has 0 aromatic rings. The normalized spacial score (nSPS) is 22.0. The van der Waals surface area contributed by atoms with Crippen molar-refractivity contribution in [3.05, 3.63) is 0 Å². The van der Waals surface area contributed by atoms with Crippen LogP contribution in [0.5, 0.6) is 0 Å². The summed E-state index contributed by atoms with van der Waals surface area (Å²) in [6, 6.07) is -0.637. The Bertz CT molecular complexity index is 522. The van der Waals surface area contributed by atoms with Gasteiger partial charge in [0.15, 0.2) is 0 Å². The highest BCUT2D eigenvalue weighted by atomic mass is 16.4. The van der Waals surface area contributed by atoms with E-state index in [1.165, 1.54) is 9.80 Å². The number of nitrogens with zero attached hydrogens (tertiary/aromatic N) is 3. The molecule has 24 heavy (non-hydrogen) atoms. The van der Waals surface area contributed by atoms with E-state index in [1.807, 2.05) is 0 Å². The van der Waals surface area contributed by atoms with Gasteiger partial charge in [0.1, 0.15) is 12.6 Å². The van der Waals surface area contributed by atoms with E-state index in [-0.39, 0.29) is 30.8 Å². The molecule has 0 aliphatic carbocycles. The van der Waals surface area contributed by atoms with Crippen LogP contribution in [0.25, 0.3) is 0 Å². The predicted octanol–water partition coefficient (Wildman–Crippen LogP) is -0.0770. The molecule has 0 aromatic carbocycles. The zero-order valence-corrected chi connectivity index (χ0v) is 14.1. The molecule has 2 aliphatic rings. The SMILES string of the molecule is CC1C(=O)N(CC(=O)O)CCN1C(=O)CCCN1CCCCC1=O. The second kappa shape index (κ2) is 8.12. The van der Waals surface area contributed by atoms with Gasteiger partial charge in [-0.15, -0.1) is 0 Å². The Hall–Kier alpha value is -2.12. The number of amides is 3. The van der Waals surface area contributed by atoms with Crippen LogP contribution in [-0.4, -0.2) is 82.3 Å². The lowest BCUT2D eigenvalue weighted by Crippen LogP contribution is -2.58. The maximum Gasteiger partial charge on any atom is 0.323 e. The van der Waals surface area contributed by atoms with E-state index < -0.39 is 12.0 Å². The van der Waals surface area contributed by atoms with Gasteiger partial charge in [0.25, 0.3) is 0 Å². The van der Waals surface area contributed by atoms with E-state index in [0.29, 0.717) is 32.4 Å². The number of aliphatic carboxylic acids is 1. The van der Waals surface area contributed by atoms with E-state index in [0.717, 1.165) is 19.4 Å². The molecule has 2 rings (SSSR count). The summed E-state index contributed by atoms with van der Waals surface area (Å²) in [6.45, 7) is 3.22. The van der Waals surface area contributed by atoms with Gasteiger partial charge in [0.2, 0.25) is 17.7 Å². The van der Waals surface area contributed by atoms with Crippen molar-refractivity contribution in [1.29, 1.82) is 0 Å². The fourth-order valence-corrected chi connectivity index (χ4v) is 3.25. The number of carboxylic acid groups (broad SMARTS) is 1. The van der Waals surface area contributed by atoms with Gasteiger partial charge in [-0.25, -0.2) is 0 Å². The first-order valence-electron chi connectivity index (χ1n) is 8.48. The summed E-state index contributed by atoms with van der Waals surface area (Å²) in [5.74, 6) is -1.35. The van der Waals surface area contributed by atoms with E-state index in [4.69, 9.17) is 5.11 Å². The van der Waals surface area contributed by atoms with Crippen molar-refractivity contribution in [2.75, 3.05) is 32.7 Å². The molecular weight excluding hydrogens is 314 g/mol. The fourth-order valence-electron chi connectivity index (χ4n) is 3.25. The third-order valence-corrected chi connectivity index (χ3v) is 4.63. The first-order chi connectivity index (χ1) is 11.4. The molecule has 0 radical (unpaired) electrons. The van der Waals surface area contributed by atoms with Crippen LogP contribution in [0.3, 0.4) is 0 Å². The van der Waals surface area contributed by atoms with Crippen LogP contribution < -0.4 is 0 Å². The molecule has 0 saturated carbocycles. The second-order valence-corrected chi connectivity index (χ2v) is 6.36. The van der Waals surface area contributed by atoms with Crippen LogP contribution in [0, 0.1) is 0 Å². The predicted molar refractivity (Wildman–Crippen MR) is 85.1 cm³/mol. The Kier molecular flexibility index (Phi) is 6.16. The number of carbonyl (C=O) groups excluding carboxylic acids is 3. The van der Waals surface area contributed by atoms with Crippen LogP contribution >= 0.6 is 0 Å². The van der Waals surface area contributed by atoms with Crippen molar-refractivity contribution in [3.63, 3.8) is 0 Å². The molecule has 0 bridgehead atoms. The molecule has 134 valence electrons. The minimum atomic E-state index is -1.05. The molecular formula is C16H25N3O5. The maximum absolute atomic E-state index is 12.3. The molecule has 0 aromatic heterocycles. The van der Waals surface area contributed by atoms with Crippen molar-refractivity contribution in [1.82, 2.24) is 14.7 Å². The highest BCUT2D eigenvalue weighted by molar-refractivity contribution is 5.90. The molecule has 2 heterocycles.